The van der Waals surface area contributed by atoms with Crippen LogP contribution >= 0.6 is 0 Å². The van der Waals surface area contributed by atoms with E-state index in [9.17, 15) is 18.8 Å². The van der Waals surface area contributed by atoms with Crippen LogP contribution in [0.1, 0.15) is 12.5 Å². The van der Waals surface area contributed by atoms with Crippen LogP contribution in [-0.2, 0) is 16.0 Å². The van der Waals surface area contributed by atoms with Gasteiger partial charge in [-0.1, -0.05) is 18.2 Å². The SMILES string of the molecule is C[C@H](NC(N)=O)C(=O)N1CCN(C(=O)Cc2ccccc2F)CC1. The Balaban J connectivity index is 1.86. The molecule has 0 radical (unpaired) electrons. The summed E-state index contributed by atoms with van der Waals surface area (Å²) in [5, 5.41) is 2.34. The highest BCUT2D eigenvalue weighted by atomic mass is 19.1. The molecule has 1 fully saturated rings. The van der Waals surface area contributed by atoms with Gasteiger partial charge in [0.2, 0.25) is 11.8 Å². The van der Waals surface area contributed by atoms with E-state index < -0.39 is 17.9 Å². The lowest BCUT2D eigenvalue weighted by Gasteiger charge is -2.36. The van der Waals surface area contributed by atoms with E-state index in [0.29, 0.717) is 31.7 Å². The molecule has 0 unspecified atom stereocenters. The lowest BCUT2D eigenvalue weighted by atomic mass is 10.1. The number of piperazine rings is 1. The first-order valence-electron chi connectivity index (χ1n) is 7.74. The normalized spacial score (nSPS) is 15.8. The van der Waals surface area contributed by atoms with E-state index in [0.717, 1.165) is 0 Å². The van der Waals surface area contributed by atoms with Crippen molar-refractivity contribution in [2.45, 2.75) is 19.4 Å². The molecule has 1 aliphatic heterocycles. The Kier molecular flexibility index (Phi) is 5.73. The minimum absolute atomic E-state index is 0.000251. The first kappa shape index (κ1) is 17.7. The molecule has 1 atom stereocenters. The van der Waals surface area contributed by atoms with Crippen LogP contribution in [0.3, 0.4) is 0 Å². The third kappa shape index (κ3) is 4.43. The fourth-order valence-electron chi connectivity index (χ4n) is 2.64. The van der Waals surface area contributed by atoms with Crippen molar-refractivity contribution in [3.05, 3.63) is 35.6 Å². The summed E-state index contributed by atoms with van der Waals surface area (Å²) in [6.45, 7) is 3.05. The van der Waals surface area contributed by atoms with Crippen molar-refractivity contribution < 1.29 is 18.8 Å². The van der Waals surface area contributed by atoms with Crippen molar-refractivity contribution in [1.29, 1.82) is 0 Å². The number of nitrogens with one attached hydrogen (secondary N) is 1. The van der Waals surface area contributed by atoms with Crippen LogP contribution in [0.4, 0.5) is 9.18 Å². The van der Waals surface area contributed by atoms with E-state index in [1.54, 1.807) is 34.9 Å². The van der Waals surface area contributed by atoms with Crippen molar-refractivity contribution >= 4 is 17.8 Å². The summed E-state index contributed by atoms with van der Waals surface area (Å²) in [5.41, 5.74) is 5.37. The molecular formula is C16H21FN4O3. The highest BCUT2D eigenvalue weighted by molar-refractivity contribution is 5.86. The zero-order chi connectivity index (χ0) is 17.7. The number of carbonyl (C=O) groups is 3. The minimum atomic E-state index is -0.755. The molecule has 0 bridgehead atoms. The maximum Gasteiger partial charge on any atom is 0.312 e. The van der Waals surface area contributed by atoms with Gasteiger partial charge >= 0.3 is 6.03 Å². The number of nitrogens with two attached hydrogens (primary N) is 1. The van der Waals surface area contributed by atoms with E-state index in [4.69, 9.17) is 5.73 Å². The maximum atomic E-state index is 13.6. The molecule has 0 aromatic heterocycles. The van der Waals surface area contributed by atoms with Gasteiger partial charge in [0.05, 0.1) is 6.42 Å². The average Bonchev–Trinajstić information content (AvgIpc) is 2.55. The summed E-state index contributed by atoms with van der Waals surface area (Å²) >= 11 is 0. The fraction of sp³-hybridized carbons (Fsp3) is 0.438. The number of rotatable bonds is 4. The lowest BCUT2D eigenvalue weighted by Crippen LogP contribution is -2.55. The summed E-state index contributed by atoms with van der Waals surface area (Å²) in [6, 6.07) is 4.72. The molecule has 7 nitrogen and oxygen atoms in total. The Labute approximate surface area is 139 Å². The third-order valence-electron chi connectivity index (χ3n) is 3.97. The summed E-state index contributed by atoms with van der Waals surface area (Å²) in [4.78, 5) is 38.4. The number of halogens is 1. The van der Waals surface area contributed by atoms with E-state index >= 15 is 0 Å². The molecule has 0 aliphatic carbocycles. The van der Waals surface area contributed by atoms with Gasteiger partial charge in [-0.25, -0.2) is 9.18 Å². The predicted octanol–water partition coefficient (Wildman–Crippen LogP) is 0.0958. The Morgan fingerprint density at radius 2 is 1.75 bits per heavy atom. The van der Waals surface area contributed by atoms with Crippen LogP contribution in [0.15, 0.2) is 24.3 Å². The lowest BCUT2D eigenvalue weighted by molar-refractivity contribution is -0.140. The van der Waals surface area contributed by atoms with Crippen LogP contribution in [-0.4, -0.2) is 59.9 Å². The molecule has 2 rings (SSSR count). The Morgan fingerprint density at radius 3 is 2.33 bits per heavy atom. The zero-order valence-corrected chi connectivity index (χ0v) is 13.5. The summed E-state index contributed by atoms with van der Waals surface area (Å²) in [7, 11) is 0. The molecule has 1 heterocycles. The molecule has 4 amide bonds. The molecule has 0 spiro atoms. The van der Waals surface area contributed by atoms with Gasteiger partial charge in [0.1, 0.15) is 11.9 Å². The third-order valence-corrected chi connectivity index (χ3v) is 3.97. The molecule has 8 heteroatoms. The number of hydrogen-bond donors (Lipinski definition) is 2. The number of nitrogens with zero attached hydrogens (tertiary/aromatic N) is 2. The monoisotopic (exact) mass is 336 g/mol. The highest BCUT2D eigenvalue weighted by Crippen LogP contribution is 2.11. The second-order valence-corrected chi connectivity index (χ2v) is 5.70. The van der Waals surface area contributed by atoms with Gasteiger partial charge in [0, 0.05) is 26.2 Å². The number of urea groups is 1. The second-order valence-electron chi connectivity index (χ2n) is 5.70. The van der Waals surface area contributed by atoms with Gasteiger partial charge < -0.3 is 20.9 Å². The van der Waals surface area contributed by atoms with E-state index in [2.05, 4.69) is 5.32 Å². The highest BCUT2D eigenvalue weighted by Gasteiger charge is 2.27. The Morgan fingerprint density at radius 1 is 1.17 bits per heavy atom. The molecular weight excluding hydrogens is 315 g/mol. The van der Waals surface area contributed by atoms with Gasteiger partial charge in [-0.15, -0.1) is 0 Å². The Bertz CT molecular complexity index is 630. The van der Waals surface area contributed by atoms with Crippen molar-refractivity contribution in [2.75, 3.05) is 26.2 Å². The van der Waals surface area contributed by atoms with Crippen LogP contribution in [0.5, 0.6) is 0 Å². The molecule has 3 N–H and O–H groups in total. The van der Waals surface area contributed by atoms with Gasteiger partial charge in [-0.3, -0.25) is 9.59 Å². The van der Waals surface area contributed by atoms with Crippen LogP contribution < -0.4 is 11.1 Å². The van der Waals surface area contributed by atoms with Crippen LogP contribution in [0.25, 0.3) is 0 Å². The molecule has 1 aromatic rings. The first-order valence-corrected chi connectivity index (χ1v) is 7.74. The standard InChI is InChI=1S/C16H21FN4O3/c1-11(19-16(18)24)15(23)21-8-6-20(7-9-21)14(22)10-12-4-2-3-5-13(12)17/h2-5,11H,6-10H2,1H3,(H3,18,19,24)/t11-/m0/s1. The molecule has 130 valence electrons. The second kappa shape index (κ2) is 7.76. The van der Waals surface area contributed by atoms with Crippen LogP contribution in [0.2, 0.25) is 0 Å². The number of primary amides is 1. The maximum absolute atomic E-state index is 13.6. The number of carbonyl (C=O) groups excluding carboxylic acids is 3. The van der Waals surface area contributed by atoms with E-state index in [1.165, 1.54) is 6.07 Å². The molecule has 1 aromatic carbocycles. The van der Waals surface area contributed by atoms with Crippen molar-refractivity contribution in [2.24, 2.45) is 5.73 Å². The zero-order valence-electron chi connectivity index (χ0n) is 13.5. The van der Waals surface area contributed by atoms with E-state index in [-0.39, 0.29) is 18.2 Å². The van der Waals surface area contributed by atoms with Gasteiger partial charge in [-0.05, 0) is 18.6 Å². The fourth-order valence-corrected chi connectivity index (χ4v) is 2.64. The molecule has 1 aliphatic rings. The number of amides is 4. The number of hydrogen-bond acceptors (Lipinski definition) is 3. The van der Waals surface area contributed by atoms with Gasteiger partial charge in [-0.2, -0.15) is 0 Å². The summed E-state index contributed by atoms with van der Waals surface area (Å²) in [5.74, 6) is -0.809. The molecule has 0 saturated carbocycles. The summed E-state index contributed by atoms with van der Waals surface area (Å²) in [6.07, 6.45) is 0.000251. The number of benzene rings is 1. The van der Waals surface area contributed by atoms with Crippen LogP contribution in [0, 0.1) is 5.82 Å². The first-order chi connectivity index (χ1) is 11.4. The summed E-state index contributed by atoms with van der Waals surface area (Å²) < 4.78 is 13.6. The quantitative estimate of drug-likeness (QED) is 0.816. The topological polar surface area (TPSA) is 95.7 Å². The Hall–Kier alpha value is -2.64. The average molecular weight is 336 g/mol. The molecule has 1 saturated heterocycles. The van der Waals surface area contributed by atoms with Crippen molar-refractivity contribution in [3.63, 3.8) is 0 Å². The largest absolute Gasteiger partial charge is 0.352 e. The van der Waals surface area contributed by atoms with E-state index in [1.807, 2.05) is 0 Å². The molecule has 24 heavy (non-hydrogen) atoms. The van der Waals surface area contributed by atoms with Gasteiger partial charge in [0.15, 0.2) is 0 Å². The minimum Gasteiger partial charge on any atom is -0.352 e. The van der Waals surface area contributed by atoms with Crippen molar-refractivity contribution in [1.82, 2.24) is 15.1 Å². The predicted molar refractivity (Wildman–Crippen MR) is 85.4 cm³/mol. The smallest absolute Gasteiger partial charge is 0.312 e. The van der Waals surface area contributed by atoms with Gasteiger partial charge in [0.25, 0.3) is 0 Å². The van der Waals surface area contributed by atoms with Crippen molar-refractivity contribution in [3.8, 4) is 0 Å².